The SMILES string of the molecule is CCOc1ccc(C(C)=O)cc1NC(=O)c1ccc(OCCN2CCOCC2)c(C(=O)[O-])c1.[Li+]. The summed E-state index contributed by atoms with van der Waals surface area (Å²) in [4.78, 5) is 38.4. The quantitative estimate of drug-likeness (QED) is 0.339. The largest absolute Gasteiger partial charge is 1.00 e. The van der Waals surface area contributed by atoms with Crippen LogP contribution in [0.4, 0.5) is 5.69 Å². The number of carboxylic acid groups (broad SMARTS) is 1. The van der Waals surface area contributed by atoms with Gasteiger partial charge < -0.3 is 29.4 Å². The van der Waals surface area contributed by atoms with Crippen molar-refractivity contribution in [2.45, 2.75) is 13.8 Å². The van der Waals surface area contributed by atoms with Crippen molar-refractivity contribution < 1.29 is 52.6 Å². The Labute approximate surface area is 210 Å². The van der Waals surface area contributed by atoms with Crippen LogP contribution in [0.1, 0.15) is 44.9 Å². The van der Waals surface area contributed by atoms with Crippen molar-refractivity contribution in [1.29, 1.82) is 0 Å². The van der Waals surface area contributed by atoms with Crippen molar-refractivity contribution in [2.24, 2.45) is 0 Å². The maximum absolute atomic E-state index is 12.8. The van der Waals surface area contributed by atoms with Crippen LogP contribution in [0.3, 0.4) is 0 Å². The van der Waals surface area contributed by atoms with Gasteiger partial charge in [0, 0.05) is 36.3 Å². The second-order valence-electron chi connectivity index (χ2n) is 7.46. The minimum absolute atomic E-state index is 0. The Morgan fingerprint density at radius 1 is 1.03 bits per heavy atom. The fourth-order valence-electron chi connectivity index (χ4n) is 3.39. The third-order valence-electron chi connectivity index (χ3n) is 5.16. The van der Waals surface area contributed by atoms with Crippen molar-refractivity contribution in [3.8, 4) is 11.5 Å². The van der Waals surface area contributed by atoms with Gasteiger partial charge in [-0.1, -0.05) is 0 Å². The summed E-state index contributed by atoms with van der Waals surface area (Å²) in [5, 5.41) is 14.4. The summed E-state index contributed by atoms with van der Waals surface area (Å²) in [6.07, 6.45) is 0. The third-order valence-corrected chi connectivity index (χ3v) is 5.16. The smallest absolute Gasteiger partial charge is 0.545 e. The van der Waals surface area contributed by atoms with Crippen LogP contribution in [-0.4, -0.2) is 68.6 Å². The maximum atomic E-state index is 12.8. The fraction of sp³-hybridized carbons (Fsp3) is 0.375. The predicted octanol–water partition coefficient (Wildman–Crippen LogP) is -1.38. The van der Waals surface area contributed by atoms with E-state index in [1.165, 1.54) is 31.2 Å². The average molecular weight is 462 g/mol. The van der Waals surface area contributed by atoms with E-state index >= 15 is 0 Å². The molecule has 0 aromatic heterocycles. The van der Waals surface area contributed by atoms with Crippen LogP contribution in [0.2, 0.25) is 0 Å². The molecule has 2 aromatic rings. The van der Waals surface area contributed by atoms with Crippen molar-refractivity contribution in [3.05, 3.63) is 53.1 Å². The summed E-state index contributed by atoms with van der Waals surface area (Å²) in [5.41, 5.74) is 0.612. The van der Waals surface area contributed by atoms with Crippen molar-refractivity contribution >= 4 is 23.3 Å². The Balaban J connectivity index is 0.00000408. The van der Waals surface area contributed by atoms with Gasteiger partial charge in [0.15, 0.2) is 5.78 Å². The molecule has 0 radical (unpaired) electrons. The minimum Gasteiger partial charge on any atom is -0.545 e. The zero-order valence-electron chi connectivity index (χ0n) is 19.7. The number of nitrogens with one attached hydrogen (secondary N) is 1. The van der Waals surface area contributed by atoms with Gasteiger partial charge in [-0.3, -0.25) is 14.5 Å². The van der Waals surface area contributed by atoms with Gasteiger partial charge in [0.25, 0.3) is 5.91 Å². The maximum Gasteiger partial charge on any atom is 1.00 e. The van der Waals surface area contributed by atoms with Crippen molar-refractivity contribution in [2.75, 3.05) is 51.4 Å². The molecule has 10 heteroatoms. The summed E-state index contributed by atoms with van der Waals surface area (Å²) >= 11 is 0. The molecule has 0 spiro atoms. The molecule has 1 aliphatic heterocycles. The molecule has 9 nitrogen and oxygen atoms in total. The van der Waals surface area contributed by atoms with Crippen LogP contribution < -0.4 is 38.8 Å². The van der Waals surface area contributed by atoms with Crippen LogP contribution in [-0.2, 0) is 4.74 Å². The van der Waals surface area contributed by atoms with E-state index < -0.39 is 11.9 Å². The molecule has 0 aliphatic carbocycles. The first-order chi connectivity index (χ1) is 15.9. The minimum atomic E-state index is -1.44. The zero-order chi connectivity index (χ0) is 23.8. The number of carbonyl (C=O) groups is 3. The number of anilines is 1. The predicted molar refractivity (Wildman–Crippen MR) is 119 cm³/mol. The number of benzene rings is 2. The number of ether oxygens (including phenoxy) is 3. The number of ketones is 1. The third kappa shape index (κ3) is 7.34. The molecule has 0 unspecified atom stereocenters. The molecule has 176 valence electrons. The molecule has 1 fully saturated rings. The molecule has 0 bridgehead atoms. The van der Waals surface area contributed by atoms with E-state index in [4.69, 9.17) is 14.2 Å². The number of morpholine rings is 1. The summed E-state index contributed by atoms with van der Waals surface area (Å²) in [7, 11) is 0. The Kier molecular flexibility index (Phi) is 10.6. The Morgan fingerprint density at radius 3 is 2.35 bits per heavy atom. The molecule has 1 amide bonds. The molecular formula is C24H27LiN2O7. The first-order valence-corrected chi connectivity index (χ1v) is 10.8. The number of hydrogen-bond donors (Lipinski definition) is 1. The summed E-state index contributed by atoms with van der Waals surface area (Å²) in [6.45, 7) is 7.43. The Bertz CT molecular complexity index is 1020. The topological polar surface area (TPSA) is 117 Å². The van der Waals surface area contributed by atoms with Gasteiger partial charge in [-0.25, -0.2) is 0 Å². The van der Waals surface area contributed by atoms with E-state index in [1.54, 1.807) is 19.1 Å². The van der Waals surface area contributed by atoms with Gasteiger partial charge in [0.05, 0.1) is 31.5 Å². The van der Waals surface area contributed by atoms with E-state index in [9.17, 15) is 19.5 Å². The van der Waals surface area contributed by atoms with Gasteiger partial charge in [-0.15, -0.1) is 0 Å². The van der Waals surface area contributed by atoms with Gasteiger partial charge >= 0.3 is 18.9 Å². The summed E-state index contributed by atoms with van der Waals surface area (Å²) < 4.78 is 16.5. The molecule has 1 N–H and O–H groups in total. The molecule has 1 saturated heterocycles. The van der Waals surface area contributed by atoms with Crippen LogP contribution in [0.5, 0.6) is 11.5 Å². The van der Waals surface area contributed by atoms with Crippen molar-refractivity contribution in [3.63, 3.8) is 0 Å². The number of hydrogen-bond acceptors (Lipinski definition) is 8. The summed E-state index contributed by atoms with van der Waals surface area (Å²) in [5.74, 6) is -1.63. The van der Waals surface area contributed by atoms with Gasteiger partial charge in [0.1, 0.15) is 18.1 Å². The van der Waals surface area contributed by atoms with Gasteiger partial charge in [-0.2, -0.15) is 0 Å². The number of aromatic carboxylic acids is 1. The van der Waals surface area contributed by atoms with E-state index in [0.29, 0.717) is 50.0 Å². The monoisotopic (exact) mass is 462 g/mol. The average Bonchev–Trinajstić information content (AvgIpc) is 2.81. The number of carbonyl (C=O) groups excluding carboxylic acids is 3. The normalized spacial score (nSPS) is 13.5. The van der Waals surface area contributed by atoms with E-state index in [1.807, 2.05) is 0 Å². The molecular weight excluding hydrogens is 435 g/mol. The first-order valence-electron chi connectivity index (χ1n) is 10.8. The molecule has 1 heterocycles. The molecule has 3 rings (SSSR count). The molecule has 0 atom stereocenters. The van der Waals surface area contributed by atoms with E-state index in [-0.39, 0.29) is 41.5 Å². The number of carboxylic acids is 1. The zero-order valence-corrected chi connectivity index (χ0v) is 19.7. The fourth-order valence-corrected chi connectivity index (χ4v) is 3.39. The second kappa shape index (κ2) is 13.2. The Morgan fingerprint density at radius 2 is 1.71 bits per heavy atom. The number of rotatable bonds is 10. The standard InChI is InChI=1S/C24H28N2O7.Li/c1-3-32-22-7-4-17(16(2)27)15-20(22)25-23(28)18-5-6-21(19(14-18)24(29)30)33-13-10-26-8-11-31-12-9-26;/h4-7,14-15H,3,8-13H2,1-2H3,(H,25,28)(H,29,30);/q;+1/p-1. The van der Waals surface area contributed by atoms with Crippen LogP contribution >= 0.6 is 0 Å². The summed E-state index contributed by atoms with van der Waals surface area (Å²) in [6, 6.07) is 8.86. The molecule has 1 aliphatic rings. The molecule has 34 heavy (non-hydrogen) atoms. The Hall–Kier alpha value is -2.83. The first kappa shape index (κ1) is 27.4. The van der Waals surface area contributed by atoms with Gasteiger partial charge in [0.2, 0.25) is 0 Å². The number of amides is 1. The van der Waals surface area contributed by atoms with Crippen molar-refractivity contribution in [1.82, 2.24) is 4.90 Å². The number of Topliss-reactive ketones (excluding diaryl/α,β-unsaturated/α-hetero) is 1. The van der Waals surface area contributed by atoms with E-state index in [0.717, 1.165) is 13.1 Å². The van der Waals surface area contributed by atoms with E-state index in [2.05, 4.69) is 10.2 Å². The van der Waals surface area contributed by atoms with Gasteiger partial charge in [-0.05, 0) is 50.2 Å². The van der Waals surface area contributed by atoms with Crippen LogP contribution in [0, 0.1) is 0 Å². The number of nitrogens with zero attached hydrogens (tertiary/aromatic N) is 1. The molecule has 0 saturated carbocycles. The van der Waals surface area contributed by atoms with Crippen LogP contribution in [0.15, 0.2) is 36.4 Å². The second-order valence-corrected chi connectivity index (χ2v) is 7.46. The molecule has 2 aromatic carbocycles. The van der Waals surface area contributed by atoms with Crippen LogP contribution in [0.25, 0.3) is 0 Å².